The van der Waals surface area contributed by atoms with Gasteiger partial charge in [-0.25, -0.2) is 23.5 Å². The third-order valence-electron chi connectivity index (χ3n) is 2.50. The molecule has 2 atom stereocenters. The largest absolute Gasteiger partial charge is 0.369 e. The highest BCUT2D eigenvalue weighted by molar-refractivity contribution is 7.89. The number of hydrogen-bond acceptors (Lipinski definition) is 5. The fourth-order valence-corrected chi connectivity index (χ4v) is 1.93. The van der Waals surface area contributed by atoms with Crippen molar-refractivity contribution >= 4 is 10.0 Å². The van der Waals surface area contributed by atoms with Crippen molar-refractivity contribution in [1.29, 1.82) is 0 Å². The van der Waals surface area contributed by atoms with Crippen LogP contribution < -0.4 is 5.14 Å². The van der Waals surface area contributed by atoms with Crippen LogP contribution in [0.25, 0.3) is 0 Å². The quantitative estimate of drug-likeness (QED) is 0.832. The highest BCUT2D eigenvalue weighted by Crippen LogP contribution is 2.22. The van der Waals surface area contributed by atoms with E-state index in [1.165, 1.54) is 6.92 Å². The van der Waals surface area contributed by atoms with Crippen LogP contribution >= 0.6 is 0 Å². The fourth-order valence-electron chi connectivity index (χ4n) is 1.39. The summed E-state index contributed by atoms with van der Waals surface area (Å²) in [7, 11) is -3.70. The molecular formula is C11H19N3O3S. The molecule has 1 aromatic heterocycles. The zero-order valence-electron chi connectivity index (χ0n) is 10.8. The summed E-state index contributed by atoms with van der Waals surface area (Å²) >= 11 is 0. The van der Waals surface area contributed by atoms with E-state index in [2.05, 4.69) is 9.97 Å². The second-order valence-corrected chi connectivity index (χ2v) is 6.13. The van der Waals surface area contributed by atoms with Crippen LogP contribution in [0.2, 0.25) is 0 Å². The van der Waals surface area contributed by atoms with Gasteiger partial charge in [0.05, 0.1) is 0 Å². The number of primary sulfonamides is 1. The summed E-state index contributed by atoms with van der Waals surface area (Å²) in [5.41, 5.74) is 0.899. The number of hydrogen-bond donors (Lipinski definition) is 1. The molecule has 1 aromatic rings. The standard InChI is InChI=1S/C11H19N3O3S/c1-4-5-17-10(9(3)18(12,15)16)11-13-6-8(2)7-14-11/h6-7,9-10H,4-5H2,1-3H3,(H2,12,15,16)/t9-,10+/m1/s1. The molecule has 18 heavy (non-hydrogen) atoms. The number of aryl methyl sites for hydroxylation is 1. The first-order valence-electron chi connectivity index (χ1n) is 5.78. The average molecular weight is 273 g/mol. The first-order valence-corrected chi connectivity index (χ1v) is 7.39. The maximum atomic E-state index is 11.4. The summed E-state index contributed by atoms with van der Waals surface area (Å²) in [6.45, 7) is 5.73. The topological polar surface area (TPSA) is 95.2 Å². The Balaban J connectivity index is 3.01. The van der Waals surface area contributed by atoms with Crippen molar-refractivity contribution < 1.29 is 13.2 Å². The molecule has 0 saturated heterocycles. The van der Waals surface area contributed by atoms with Gasteiger partial charge in [0, 0.05) is 19.0 Å². The van der Waals surface area contributed by atoms with Crippen LogP contribution in [-0.4, -0.2) is 30.2 Å². The minimum absolute atomic E-state index is 0.343. The molecule has 0 spiro atoms. The van der Waals surface area contributed by atoms with E-state index in [1.54, 1.807) is 12.4 Å². The van der Waals surface area contributed by atoms with Gasteiger partial charge in [0.1, 0.15) is 11.4 Å². The smallest absolute Gasteiger partial charge is 0.214 e. The van der Waals surface area contributed by atoms with E-state index in [0.717, 1.165) is 12.0 Å². The molecule has 0 fully saturated rings. The van der Waals surface area contributed by atoms with Gasteiger partial charge < -0.3 is 4.74 Å². The molecule has 0 aliphatic heterocycles. The zero-order chi connectivity index (χ0) is 13.8. The molecule has 2 N–H and O–H groups in total. The van der Waals surface area contributed by atoms with Crippen LogP contribution in [0.1, 0.15) is 37.8 Å². The van der Waals surface area contributed by atoms with E-state index in [9.17, 15) is 8.42 Å². The summed E-state index contributed by atoms with van der Waals surface area (Å²) in [5, 5.41) is 4.27. The van der Waals surface area contributed by atoms with Crippen molar-refractivity contribution in [2.75, 3.05) is 6.61 Å². The van der Waals surface area contributed by atoms with Gasteiger partial charge in [-0.05, 0) is 25.8 Å². The third kappa shape index (κ3) is 4.01. The van der Waals surface area contributed by atoms with Gasteiger partial charge in [0.2, 0.25) is 10.0 Å². The molecule has 102 valence electrons. The number of ether oxygens (including phenoxy) is 1. The van der Waals surface area contributed by atoms with E-state index < -0.39 is 21.4 Å². The van der Waals surface area contributed by atoms with Gasteiger partial charge in [0.15, 0.2) is 5.82 Å². The Morgan fingerprint density at radius 1 is 1.39 bits per heavy atom. The SMILES string of the molecule is CCCO[C@H](c1ncc(C)cn1)[C@@H](C)S(N)(=O)=O. The minimum atomic E-state index is -3.70. The molecule has 0 saturated carbocycles. The van der Waals surface area contributed by atoms with Crippen LogP contribution in [0.3, 0.4) is 0 Å². The van der Waals surface area contributed by atoms with Crippen LogP contribution in [0.4, 0.5) is 0 Å². The van der Waals surface area contributed by atoms with E-state index >= 15 is 0 Å². The lowest BCUT2D eigenvalue weighted by molar-refractivity contribution is 0.0465. The second-order valence-electron chi connectivity index (χ2n) is 4.20. The van der Waals surface area contributed by atoms with Crippen molar-refractivity contribution in [1.82, 2.24) is 9.97 Å². The Bertz CT molecular complexity index is 473. The Labute approximate surface area is 108 Å². The van der Waals surface area contributed by atoms with Crippen molar-refractivity contribution in [3.05, 3.63) is 23.8 Å². The van der Waals surface area contributed by atoms with Gasteiger partial charge in [-0.2, -0.15) is 0 Å². The molecule has 0 radical (unpaired) electrons. The van der Waals surface area contributed by atoms with Crippen LogP contribution in [0.15, 0.2) is 12.4 Å². The average Bonchev–Trinajstić information content (AvgIpc) is 2.30. The van der Waals surface area contributed by atoms with Gasteiger partial charge in [-0.1, -0.05) is 6.92 Å². The molecule has 1 heterocycles. The lowest BCUT2D eigenvalue weighted by Crippen LogP contribution is -2.33. The Morgan fingerprint density at radius 2 is 1.94 bits per heavy atom. The van der Waals surface area contributed by atoms with Crippen molar-refractivity contribution in [2.45, 2.75) is 38.5 Å². The first kappa shape index (κ1) is 15.0. The summed E-state index contributed by atoms with van der Waals surface area (Å²) in [4.78, 5) is 8.22. The van der Waals surface area contributed by atoms with Gasteiger partial charge >= 0.3 is 0 Å². The highest BCUT2D eigenvalue weighted by atomic mass is 32.2. The van der Waals surface area contributed by atoms with Crippen LogP contribution in [0.5, 0.6) is 0 Å². The zero-order valence-corrected chi connectivity index (χ0v) is 11.6. The predicted molar refractivity (Wildman–Crippen MR) is 68.3 cm³/mol. The van der Waals surface area contributed by atoms with E-state index in [-0.39, 0.29) is 0 Å². The Hall–Kier alpha value is -1.05. The molecule has 0 bridgehead atoms. The van der Waals surface area contributed by atoms with E-state index in [0.29, 0.717) is 12.4 Å². The number of nitrogens with two attached hydrogens (primary N) is 1. The summed E-state index contributed by atoms with van der Waals surface area (Å²) in [6.07, 6.45) is 3.29. The molecule has 1 rings (SSSR count). The van der Waals surface area contributed by atoms with Crippen molar-refractivity contribution in [2.24, 2.45) is 5.14 Å². The maximum absolute atomic E-state index is 11.4. The van der Waals surface area contributed by atoms with Crippen LogP contribution in [0, 0.1) is 6.92 Å². The molecule has 0 aromatic carbocycles. The van der Waals surface area contributed by atoms with Crippen molar-refractivity contribution in [3.63, 3.8) is 0 Å². The molecule has 7 heteroatoms. The number of sulfonamides is 1. The van der Waals surface area contributed by atoms with E-state index in [1.807, 2.05) is 13.8 Å². The lowest BCUT2D eigenvalue weighted by atomic mass is 10.2. The van der Waals surface area contributed by atoms with Crippen molar-refractivity contribution in [3.8, 4) is 0 Å². The molecule has 0 unspecified atom stereocenters. The molecule has 0 amide bonds. The minimum Gasteiger partial charge on any atom is -0.369 e. The molecule has 0 aliphatic carbocycles. The van der Waals surface area contributed by atoms with Gasteiger partial charge in [0.25, 0.3) is 0 Å². The highest BCUT2D eigenvalue weighted by Gasteiger charge is 2.30. The van der Waals surface area contributed by atoms with E-state index in [4.69, 9.17) is 9.88 Å². The normalized spacial score (nSPS) is 15.3. The predicted octanol–water partition coefficient (Wildman–Crippen LogP) is 0.930. The number of aromatic nitrogens is 2. The number of nitrogens with zero attached hydrogens (tertiary/aromatic N) is 2. The first-order chi connectivity index (χ1) is 8.36. The van der Waals surface area contributed by atoms with Crippen LogP contribution in [-0.2, 0) is 14.8 Å². The molecule has 0 aliphatic rings. The number of rotatable bonds is 6. The lowest BCUT2D eigenvalue weighted by Gasteiger charge is -2.21. The Morgan fingerprint density at radius 3 is 2.39 bits per heavy atom. The summed E-state index contributed by atoms with van der Waals surface area (Å²) in [5.74, 6) is 0.343. The monoisotopic (exact) mass is 273 g/mol. The maximum Gasteiger partial charge on any atom is 0.214 e. The summed E-state index contributed by atoms with van der Waals surface area (Å²) in [6, 6.07) is 0. The van der Waals surface area contributed by atoms with Gasteiger partial charge in [-0.3, -0.25) is 0 Å². The summed E-state index contributed by atoms with van der Waals surface area (Å²) < 4.78 is 28.4. The molecular weight excluding hydrogens is 254 g/mol. The second kappa shape index (κ2) is 6.21. The molecule has 6 nitrogen and oxygen atoms in total. The van der Waals surface area contributed by atoms with Gasteiger partial charge in [-0.15, -0.1) is 0 Å². The fraction of sp³-hybridized carbons (Fsp3) is 0.636. The third-order valence-corrected chi connectivity index (χ3v) is 3.79. The Kier molecular flexibility index (Phi) is 5.18.